The summed E-state index contributed by atoms with van der Waals surface area (Å²) in [6.07, 6.45) is 7.94. The summed E-state index contributed by atoms with van der Waals surface area (Å²) in [6.45, 7) is 0. The van der Waals surface area contributed by atoms with Gasteiger partial charge in [-0.3, -0.25) is 0 Å². The van der Waals surface area contributed by atoms with Crippen molar-refractivity contribution in [3.63, 3.8) is 0 Å². The van der Waals surface area contributed by atoms with Gasteiger partial charge in [0.2, 0.25) is 0 Å². The van der Waals surface area contributed by atoms with Crippen molar-refractivity contribution < 1.29 is 4.84 Å². The molecule has 0 heterocycles. The average Bonchev–Trinajstić information content (AvgIpc) is 3.00. The number of aryl methyl sites for hydroxylation is 1. The van der Waals surface area contributed by atoms with Gasteiger partial charge in [0, 0.05) is 5.56 Å². The van der Waals surface area contributed by atoms with Crippen molar-refractivity contribution in [1.82, 2.24) is 0 Å². The fourth-order valence-corrected chi connectivity index (χ4v) is 5.71. The lowest BCUT2D eigenvalue weighted by molar-refractivity contribution is 0.212. The fourth-order valence-electron chi connectivity index (χ4n) is 5.71. The molecule has 0 aromatic heterocycles. The molecule has 2 heteroatoms. The summed E-state index contributed by atoms with van der Waals surface area (Å²) < 4.78 is 0. The van der Waals surface area contributed by atoms with E-state index in [4.69, 9.17) is 4.84 Å². The summed E-state index contributed by atoms with van der Waals surface area (Å²) in [5.74, 6) is 3.70. The molecule has 104 valence electrons. The Kier molecular flexibility index (Phi) is 2.20. The Bertz CT molecular complexity index is 618. The van der Waals surface area contributed by atoms with Crippen LogP contribution < -0.4 is 0 Å². The molecule has 1 aromatic carbocycles. The Morgan fingerprint density at radius 2 is 1.95 bits per heavy atom. The molecule has 0 spiro atoms. The quantitative estimate of drug-likeness (QED) is 0.705. The summed E-state index contributed by atoms with van der Waals surface area (Å²) in [4.78, 5) is 5.12. The average molecular weight is 267 g/mol. The van der Waals surface area contributed by atoms with Gasteiger partial charge in [0.25, 0.3) is 0 Å². The molecule has 0 radical (unpaired) electrons. The Balaban J connectivity index is 1.70. The first-order chi connectivity index (χ1) is 9.88. The van der Waals surface area contributed by atoms with E-state index < -0.39 is 0 Å². The Morgan fingerprint density at radius 1 is 1.10 bits per heavy atom. The molecular formula is C18H21NO. The van der Waals surface area contributed by atoms with Gasteiger partial charge in [-0.05, 0) is 78.9 Å². The lowest BCUT2D eigenvalue weighted by atomic mass is 9.58. The zero-order valence-electron chi connectivity index (χ0n) is 12.1. The maximum absolute atomic E-state index is 5.12. The van der Waals surface area contributed by atoms with Gasteiger partial charge in [0.05, 0.1) is 5.71 Å². The van der Waals surface area contributed by atoms with Crippen molar-refractivity contribution in [2.45, 2.75) is 50.4 Å². The van der Waals surface area contributed by atoms with E-state index in [2.05, 4.69) is 17.3 Å². The minimum Gasteiger partial charge on any atom is -0.399 e. The molecule has 2 fully saturated rings. The first kappa shape index (κ1) is 11.4. The molecular weight excluding hydrogens is 246 g/mol. The van der Waals surface area contributed by atoms with Crippen LogP contribution in [0.5, 0.6) is 0 Å². The van der Waals surface area contributed by atoms with Crippen LogP contribution in [0.2, 0.25) is 0 Å². The number of fused-ring (bicyclic) bond motifs is 10. The van der Waals surface area contributed by atoms with Crippen molar-refractivity contribution in [3.05, 3.63) is 34.4 Å². The molecule has 0 saturated heterocycles. The molecule has 0 N–H and O–H groups in total. The second-order valence-electron chi connectivity index (χ2n) is 7.06. The Labute approximate surface area is 120 Å². The van der Waals surface area contributed by atoms with E-state index in [1.807, 2.05) is 0 Å². The molecule has 4 aliphatic carbocycles. The molecule has 0 aliphatic heterocycles. The second-order valence-corrected chi connectivity index (χ2v) is 7.06. The summed E-state index contributed by atoms with van der Waals surface area (Å²) in [5.41, 5.74) is 7.56. The number of benzene rings is 1. The number of rotatable bonds is 1. The van der Waals surface area contributed by atoms with Gasteiger partial charge < -0.3 is 4.84 Å². The summed E-state index contributed by atoms with van der Waals surface area (Å²) in [6, 6.07) is 4.81. The predicted molar refractivity (Wildman–Crippen MR) is 79.2 cm³/mol. The maximum Gasteiger partial charge on any atom is 0.106 e. The third-order valence-electron chi connectivity index (χ3n) is 6.32. The largest absolute Gasteiger partial charge is 0.399 e. The molecule has 5 rings (SSSR count). The van der Waals surface area contributed by atoms with Crippen molar-refractivity contribution in [2.24, 2.45) is 17.0 Å². The molecule has 4 aliphatic rings. The van der Waals surface area contributed by atoms with Crippen molar-refractivity contribution in [3.8, 4) is 0 Å². The molecule has 20 heavy (non-hydrogen) atoms. The van der Waals surface area contributed by atoms with E-state index in [1.165, 1.54) is 48.9 Å². The molecule has 2 unspecified atom stereocenters. The van der Waals surface area contributed by atoms with Gasteiger partial charge in [0.15, 0.2) is 0 Å². The van der Waals surface area contributed by atoms with Crippen LogP contribution in [-0.2, 0) is 11.3 Å². The number of nitrogens with zero attached hydrogens (tertiary/aromatic N) is 1. The van der Waals surface area contributed by atoms with E-state index in [9.17, 15) is 0 Å². The van der Waals surface area contributed by atoms with Gasteiger partial charge in [0.1, 0.15) is 7.11 Å². The van der Waals surface area contributed by atoms with E-state index in [1.54, 1.807) is 18.2 Å². The van der Waals surface area contributed by atoms with Gasteiger partial charge >= 0.3 is 0 Å². The highest BCUT2D eigenvalue weighted by molar-refractivity contribution is 6.04. The van der Waals surface area contributed by atoms with Gasteiger partial charge in [-0.1, -0.05) is 17.3 Å². The topological polar surface area (TPSA) is 21.6 Å². The molecule has 2 bridgehead atoms. The van der Waals surface area contributed by atoms with Crippen molar-refractivity contribution in [1.29, 1.82) is 0 Å². The SMILES string of the molecule is CO/N=C1/CCCc2ccc3c(c21)[C@H]1C2CCC(C2)[C@@H]31. The van der Waals surface area contributed by atoms with E-state index in [0.29, 0.717) is 0 Å². The number of hydrogen-bond donors (Lipinski definition) is 0. The van der Waals surface area contributed by atoms with Gasteiger partial charge in [-0.25, -0.2) is 0 Å². The lowest BCUT2D eigenvalue weighted by Gasteiger charge is -2.45. The molecule has 1 aromatic rings. The standard InChI is InChI=1S/C18H21NO/c1-20-19-14-4-2-3-10-7-8-13-15-11-5-6-12(9-11)17(15)18(13)16(10)14/h7-8,11-12,15,17H,2-6,9H2,1H3/b19-14-/t11?,12?,15-,17-/m0/s1. The first-order valence-electron chi connectivity index (χ1n) is 8.14. The molecule has 2 saturated carbocycles. The fraction of sp³-hybridized carbons (Fsp3) is 0.611. The third-order valence-corrected chi connectivity index (χ3v) is 6.32. The highest BCUT2D eigenvalue weighted by atomic mass is 16.6. The van der Waals surface area contributed by atoms with Crippen LogP contribution >= 0.6 is 0 Å². The third kappa shape index (κ3) is 1.23. The maximum atomic E-state index is 5.12. The van der Waals surface area contributed by atoms with Crippen molar-refractivity contribution >= 4 is 5.71 Å². The normalized spacial score (nSPS) is 38.1. The summed E-state index contributed by atoms with van der Waals surface area (Å²) in [5, 5.41) is 4.35. The summed E-state index contributed by atoms with van der Waals surface area (Å²) in [7, 11) is 1.68. The van der Waals surface area contributed by atoms with E-state index in [-0.39, 0.29) is 0 Å². The van der Waals surface area contributed by atoms with E-state index in [0.717, 1.165) is 30.1 Å². The highest BCUT2D eigenvalue weighted by Crippen LogP contribution is 2.68. The highest BCUT2D eigenvalue weighted by Gasteiger charge is 2.56. The smallest absolute Gasteiger partial charge is 0.106 e. The number of hydrogen-bond acceptors (Lipinski definition) is 2. The monoisotopic (exact) mass is 267 g/mol. The Hall–Kier alpha value is -1.31. The van der Waals surface area contributed by atoms with Gasteiger partial charge in [-0.15, -0.1) is 0 Å². The molecule has 4 atom stereocenters. The number of oxime groups is 1. The molecule has 0 amide bonds. The van der Waals surface area contributed by atoms with Crippen LogP contribution in [0, 0.1) is 11.8 Å². The van der Waals surface area contributed by atoms with Gasteiger partial charge in [-0.2, -0.15) is 0 Å². The minimum absolute atomic E-state index is 0.860. The van der Waals surface area contributed by atoms with Crippen LogP contribution in [0.4, 0.5) is 0 Å². The Morgan fingerprint density at radius 3 is 2.80 bits per heavy atom. The summed E-state index contributed by atoms with van der Waals surface area (Å²) >= 11 is 0. The van der Waals surface area contributed by atoms with Crippen LogP contribution in [0.15, 0.2) is 17.3 Å². The lowest BCUT2D eigenvalue weighted by Crippen LogP contribution is -2.33. The van der Waals surface area contributed by atoms with E-state index >= 15 is 0 Å². The minimum atomic E-state index is 0.860. The van der Waals surface area contributed by atoms with Crippen LogP contribution in [0.25, 0.3) is 0 Å². The first-order valence-corrected chi connectivity index (χ1v) is 8.14. The zero-order chi connectivity index (χ0) is 13.3. The zero-order valence-corrected chi connectivity index (χ0v) is 12.1. The van der Waals surface area contributed by atoms with Crippen LogP contribution in [0.3, 0.4) is 0 Å². The van der Waals surface area contributed by atoms with Crippen LogP contribution in [0.1, 0.15) is 66.2 Å². The van der Waals surface area contributed by atoms with Crippen LogP contribution in [-0.4, -0.2) is 12.8 Å². The predicted octanol–water partition coefficient (Wildman–Crippen LogP) is 3.98. The van der Waals surface area contributed by atoms with Crippen molar-refractivity contribution in [2.75, 3.05) is 7.11 Å². The molecule has 2 nitrogen and oxygen atoms in total. The second kappa shape index (κ2) is 3.87.